The number of ether oxygens (including phenoxy) is 1. The first-order valence-corrected chi connectivity index (χ1v) is 7.06. The molecule has 0 unspecified atom stereocenters. The molecule has 110 valence electrons. The van der Waals surface area contributed by atoms with Crippen LogP contribution in [0.2, 0.25) is 0 Å². The Hall–Kier alpha value is -1.10. The fourth-order valence-corrected chi connectivity index (χ4v) is 2.32. The highest BCUT2D eigenvalue weighted by molar-refractivity contribution is 5.77. The van der Waals surface area contributed by atoms with Gasteiger partial charge in [0.15, 0.2) is 0 Å². The fourth-order valence-electron chi connectivity index (χ4n) is 2.32. The largest absolute Gasteiger partial charge is 0.481 e. The second-order valence-corrected chi connectivity index (χ2v) is 5.64. The molecular formula is C14H25NO4. The van der Waals surface area contributed by atoms with Gasteiger partial charge < -0.3 is 14.7 Å². The molecule has 0 aliphatic carbocycles. The number of amides is 1. The average Bonchev–Trinajstić information content (AvgIpc) is 2.35. The molecule has 0 atom stereocenters. The van der Waals surface area contributed by atoms with Crippen molar-refractivity contribution in [3.05, 3.63) is 0 Å². The molecule has 1 aliphatic rings. The van der Waals surface area contributed by atoms with Crippen molar-refractivity contribution in [3.8, 4) is 0 Å². The predicted molar refractivity (Wildman–Crippen MR) is 71.8 cm³/mol. The summed E-state index contributed by atoms with van der Waals surface area (Å²) in [5.74, 6) is -0.0253. The van der Waals surface area contributed by atoms with Gasteiger partial charge in [-0.2, -0.15) is 0 Å². The van der Waals surface area contributed by atoms with Gasteiger partial charge in [-0.15, -0.1) is 0 Å². The van der Waals surface area contributed by atoms with Crippen LogP contribution in [-0.2, 0) is 14.3 Å². The van der Waals surface area contributed by atoms with Crippen molar-refractivity contribution in [1.82, 2.24) is 4.90 Å². The third-order valence-electron chi connectivity index (χ3n) is 3.34. The molecule has 1 heterocycles. The van der Waals surface area contributed by atoms with Crippen molar-refractivity contribution in [2.45, 2.75) is 39.5 Å². The van der Waals surface area contributed by atoms with Crippen LogP contribution >= 0.6 is 0 Å². The van der Waals surface area contributed by atoms with E-state index in [1.807, 2.05) is 13.8 Å². The van der Waals surface area contributed by atoms with Gasteiger partial charge in [0.25, 0.3) is 0 Å². The number of rotatable bonds is 7. The van der Waals surface area contributed by atoms with Gasteiger partial charge in [-0.25, -0.2) is 0 Å². The highest BCUT2D eigenvalue weighted by atomic mass is 16.5. The van der Waals surface area contributed by atoms with Crippen molar-refractivity contribution < 1.29 is 19.4 Å². The van der Waals surface area contributed by atoms with Gasteiger partial charge in [0.1, 0.15) is 0 Å². The van der Waals surface area contributed by atoms with Crippen molar-refractivity contribution in [1.29, 1.82) is 0 Å². The van der Waals surface area contributed by atoms with Gasteiger partial charge in [0, 0.05) is 32.7 Å². The van der Waals surface area contributed by atoms with Gasteiger partial charge in [-0.05, 0) is 24.7 Å². The number of hydrogen-bond acceptors (Lipinski definition) is 3. The van der Waals surface area contributed by atoms with E-state index in [0.717, 1.165) is 26.1 Å². The minimum atomic E-state index is -0.854. The van der Waals surface area contributed by atoms with E-state index in [4.69, 9.17) is 9.84 Å². The SMILES string of the molecule is CC(C)CN(CCC(=O)O)C(=O)CC1CCOCC1. The van der Waals surface area contributed by atoms with Crippen molar-refractivity contribution >= 4 is 11.9 Å². The van der Waals surface area contributed by atoms with Crippen molar-refractivity contribution in [3.63, 3.8) is 0 Å². The number of aliphatic carboxylic acids is 1. The van der Waals surface area contributed by atoms with E-state index in [2.05, 4.69) is 0 Å². The van der Waals surface area contributed by atoms with E-state index in [-0.39, 0.29) is 12.3 Å². The Morgan fingerprint density at radius 1 is 1.32 bits per heavy atom. The van der Waals surface area contributed by atoms with Crippen LogP contribution in [0.3, 0.4) is 0 Å². The summed E-state index contributed by atoms with van der Waals surface area (Å²) in [5, 5.41) is 8.75. The maximum Gasteiger partial charge on any atom is 0.305 e. The minimum absolute atomic E-state index is 0.0201. The second kappa shape index (κ2) is 8.15. The molecule has 0 aromatic carbocycles. The first kappa shape index (κ1) is 16.0. The fraction of sp³-hybridized carbons (Fsp3) is 0.857. The Balaban J connectivity index is 2.46. The summed E-state index contributed by atoms with van der Waals surface area (Å²) in [5.41, 5.74) is 0. The third-order valence-corrected chi connectivity index (χ3v) is 3.34. The normalized spacial score (nSPS) is 16.6. The maximum atomic E-state index is 12.3. The molecule has 5 heteroatoms. The van der Waals surface area contributed by atoms with E-state index in [1.165, 1.54) is 0 Å². The van der Waals surface area contributed by atoms with Crippen LogP contribution in [0.25, 0.3) is 0 Å². The Morgan fingerprint density at radius 2 is 1.95 bits per heavy atom. The molecule has 1 N–H and O–H groups in total. The number of carbonyl (C=O) groups is 2. The van der Waals surface area contributed by atoms with Crippen LogP contribution in [0, 0.1) is 11.8 Å². The molecule has 0 bridgehead atoms. The van der Waals surface area contributed by atoms with E-state index >= 15 is 0 Å². The topological polar surface area (TPSA) is 66.8 Å². The number of hydrogen-bond donors (Lipinski definition) is 1. The minimum Gasteiger partial charge on any atom is -0.481 e. The Labute approximate surface area is 114 Å². The molecule has 0 saturated carbocycles. The summed E-state index contributed by atoms with van der Waals surface area (Å²) >= 11 is 0. The van der Waals surface area contributed by atoms with Crippen LogP contribution in [0.5, 0.6) is 0 Å². The molecule has 1 fully saturated rings. The zero-order valence-corrected chi connectivity index (χ0v) is 11.9. The van der Waals surface area contributed by atoms with Crippen molar-refractivity contribution in [2.24, 2.45) is 11.8 Å². The predicted octanol–water partition coefficient (Wildman–Crippen LogP) is 1.76. The summed E-state index contributed by atoms with van der Waals surface area (Å²) < 4.78 is 5.28. The molecule has 1 rings (SSSR count). The van der Waals surface area contributed by atoms with E-state index in [9.17, 15) is 9.59 Å². The number of carbonyl (C=O) groups excluding carboxylic acids is 1. The summed E-state index contributed by atoms with van der Waals surface area (Å²) in [6, 6.07) is 0. The highest BCUT2D eigenvalue weighted by Crippen LogP contribution is 2.20. The molecular weight excluding hydrogens is 246 g/mol. The van der Waals surface area contributed by atoms with Crippen LogP contribution in [0.4, 0.5) is 0 Å². The van der Waals surface area contributed by atoms with Gasteiger partial charge in [0.05, 0.1) is 6.42 Å². The summed E-state index contributed by atoms with van der Waals surface area (Å²) in [6.45, 7) is 6.49. The molecule has 5 nitrogen and oxygen atoms in total. The lowest BCUT2D eigenvalue weighted by Gasteiger charge is -2.27. The van der Waals surface area contributed by atoms with Crippen LogP contribution in [-0.4, -0.2) is 48.2 Å². The molecule has 1 aliphatic heterocycles. The number of carboxylic acids is 1. The molecule has 19 heavy (non-hydrogen) atoms. The van der Waals surface area contributed by atoms with Crippen LogP contribution in [0.1, 0.15) is 39.5 Å². The first-order valence-electron chi connectivity index (χ1n) is 7.06. The number of nitrogens with zero attached hydrogens (tertiary/aromatic N) is 1. The van der Waals surface area contributed by atoms with E-state index in [1.54, 1.807) is 4.90 Å². The lowest BCUT2D eigenvalue weighted by atomic mass is 9.95. The Bertz CT molecular complexity index is 298. The summed E-state index contributed by atoms with van der Waals surface area (Å²) in [6.07, 6.45) is 2.41. The maximum absolute atomic E-state index is 12.3. The zero-order chi connectivity index (χ0) is 14.3. The summed E-state index contributed by atoms with van der Waals surface area (Å²) in [4.78, 5) is 24.6. The van der Waals surface area contributed by atoms with Gasteiger partial charge in [-0.1, -0.05) is 13.8 Å². The third kappa shape index (κ3) is 6.57. The standard InChI is InChI=1S/C14H25NO4/c1-11(2)10-15(6-3-14(17)18)13(16)9-12-4-7-19-8-5-12/h11-12H,3-10H2,1-2H3,(H,17,18). The lowest BCUT2D eigenvalue weighted by Crippen LogP contribution is -2.37. The molecule has 0 aromatic heterocycles. The zero-order valence-electron chi connectivity index (χ0n) is 11.9. The van der Waals surface area contributed by atoms with Gasteiger partial charge in [0.2, 0.25) is 5.91 Å². The van der Waals surface area contributed by atoms with Crippen LogP contribution in [0.15, 0.2) is 0 Å². The monoisotopic (exact) mass is 271 g/mol. The van der Waals surface area contributed by atoms with E-state index in [0.29, 0.717) is 31.3 Å². The molecule has 1 amide bonds. The van der Waals surface area contributed by atoms with Gasteiger partial charge >= 0.3 is 5.97 Å². The van der Waals surface area contributed by atoms with Gasteiger partial charge in [-0.3, -0.25) is 9.59 Å². The first-order chi connectivity index (χ1) is 8.99. The second-order valence-electron chi connectivity index (χ2n) is 5.64. The van der Waals surface area contributed by atoms with Crippen molar-refractivity contribution in [2.75, 3.05) is 26.3 Å². The Kier molecular flexibility index (Phi) is 6.84. The smallest absolute Gasteiger partial charge is 0.305 e. The molecule has 0 spiro atoms. The molecule has 0 radical (unpaired) electrons. The summed E-state index contributed by atoms with van der Waals surface area (Å²) in [7, 11) is 0. The van der Waals surface area contributed by atoms with Crippen LogP contribution < -0.4 is 0 Å². The lowest BCUT2D eigenvalue weighted by molar-refractivity contribution is -0.139. The average molecular weight is 271 g/mol. The molecule has 0 aromatic rings. The Morgan fingerprint density at radius 3 is 2.47 bits per heavy atom. The highest BCUT2D eigenvalue weighted by Gasteiger charge is 2.22. The molecule has 1 saturated heterocycles. The van der Waals surface area contributed by atoms with E-state index < -0.39 is 5.97 Å². The number of carboxylic acid groups (broad SMARTS) is 1. The quantitative estimate of drug-likeness (QED) is 0.766.